The van der Waals surface area contributed by atoms with E-state index in [2.05, 4.69) is 15.1 Å². The van der Waals surface area contributed by atoms with E-state index in [4.69, 9.17) is 4.52 Å². The summed E-state index contributed by atoms with van der Waals surface area (Å²) in [6.07, 6.45) is 5.09. The Bertz CT molecular complexity index is 958. The van der Waals surface area contributed by atoms with Crippen LogP contribution in [0.4, 0.5) is 4.39 Å². The van der Waals surface area contributed by atoms with Gasteiger partial charge in [-0.2, -0.15) is 4.98 Å². The molecule has 3 aromatic rings. The highest BCUT2D eigenvalue weighted by molar-refractivity contribution is 5.95. The van der Waals surface area contributed by atoms with E-state index >= 15 is 0 Å². The van der Waals surface area contributed by atoms with E-state index in [1.54, 1.807) is 30.3 Å². The van der Waals surface area contributed by atoms with Crippen molar-refractivity contribution in [3.8, 4) is 11.5 Å². The molecule has 27 heavy (non-hydrogen) atoms. The zero-order chi connectivity index (χ0) is 18.8. The Kier molecular flexibility index (Phi) is 4.66. The Morgan fingerprint density at radius 2 is 2.07 bits per heavy atom. The molecule has 138 valence electrons. The van der Waals surface area contributed by atoms with Crippen LogP contribution in [-0.2, 0) is 0 Å². The number of likely N-dealkylation sites (tertiary alicyclic amines) is 1. The smallest absolute Gasteiger partial charge is 0.258 e. The van der Waals surface area contributed by atoms with Crippen LogP contribution >= 0.6 is 0 Å². The minimum absolute atomic E-state index is 0.0165. The first kappa shape index (κ1) is 17.3. The molecule has 0 spiro atoms. The van der Waals surface area contributed by atoms with Crippen molar-refractivity contribution >= 4 is 5.91 Å². The number of aryl methyl sites for hydroxylation is 1. The Hall–Kier alpha value is -3.09. The van der Waals surface area contributed by atoms with Gasteiger partial charge >= 0.3 is 0 Å². The lowest BCUT2D eigenvalue weighted by atomic mass is 9.96. The molecule has 0 radical (unpaired) electrons. The second kappa shape index (κ2) is 7.26. The number of carbonyl (C=O) groups excluding carboxylic acids is 1. The van der Waals surface area contributed by atoms with Gasteiger partial charge in [0.2, 0.25) is 0 Å². The fourth-order valence-electron chi connectivity index (χ4n) is 3.42. The number of rotatable bonds is 3. The highest BCUT2D eigenvalue weighted by Crippen LogP contribution is 2.28. The van der Waals surface area contributed by atoms with Crippen molar-refractivity contribution in [2.45, 2.75) is 25.7 Å². The van der Waals surface area contributed by atoms with Crippen molar-refractivity contribution in [2.75, 3.05) is 13.1 Å². The van der Waals surface area contributed by atoms with Crippen molar-refractivity contribution in [2.24, 2.45) is 0 Å². The summed E-state index contributed by atoms with van der Waals surface area (Å²) in [5, 5.41) is 4.12. The van der Waals surface area contributed by atoms with Crippen LogP contribution in [-0.4, -0.2) is 39.0 Å². The number of pyridine rings is 1. The number of hydrogen-bond acceptors (Lipinski definition) is 5. The molecule has 1 atom stereocenters. The maximum atomic E-state index is 13.3. The van der Waals surface area contributed by atoms with Crippen molar-refractivity contribution in [1.82, 2.24) is 20.0 Å². The number of hydrogen-bond donors (Lipinski definition) is 0. The molecule has 1 aromatic carbocycles. The maximum absolute atomic E-state index is 13.3. The standard InChI is InChI=1S/C20H19FN4O2/c1-13-11-16(21)4-5-17(13)20(26)25-10-2-3-15(12-25)18-23-19(27-24-18)14-6-8-22-9-7-14/h4-9,11,15H,2-3,10,12H2,1H3. The molecule has 0 bridgehead atoms. The average Bonchev–Trinajstić information content (AvgIpc) is 3.19. The molecule has 6 nitrogen and oxygen atoms in total. The summed E-state index contributed by atoms with van der Waals surface area (Å²) in [6.45, 7) is 2.93. The van der Waals surface area contributed by atoms with Gasteiger partial charge in [-0.3, -0.25) is 9.78 Å². The number of benzene rings is 1. The quantitative estimate of drug-likeness (QED) is 0.708. The van der Waals surface area contributed by atoms with Crippen molar-refractivity contribution in [3.05, 3.63) is 65.5 Å². The van der Waals surface area contributed by atoms with Crippen LogP contribution in [0, 0.1) is 12.7 Å². The van der Waals surface area contributed by atoms with Crippen LogP contribution < -0.4 is 0 Å². The number of halogens is 1. The fraction of sp³-hybridized carbons (Fsp3) is 0.300. The van der Waals surface area contributed by atoms with Crippen molar-refractivity contribution in [1.29, 1.82) is 0 Å². The van der Waals surface area contributed by atoms with E-state index in [0.717, 1.165) is 18.4 Å². The normalized spacial score (nSPS) is 17.1. The second-order valence-corrected chi connectivity index (χ2v) is 6.74. The zero-order valence-electron chi connectivity index (χ0n) is 14.9. The Morgan fingerprint density at radius 1 is 1.26 bits per heavy atom. The zero-order valence-corrected chi connectivity index (χ0v) is 14.9. The van der Waals surface area contributed by atoms with Crippen LogP contribution in [0.2, 0.25) is 0 Å². The topological polar surface area (TPSA) is 72.1 Å². The molecule has 3 heterocycles. The van der Waals surface area contributed by atoms with Gasteiger partial charge in [0.1, 0.15) is 5.82 Å². The lowest BCUT2D eigenvalue weighted by Gasteiger charge is -2.31. The van der Waals surface area contributed by atoms with E-state index in [9.17, 15) is 9.18 Å². The summed E-state index contributed by atoms with van der Waals surface area (Å²) in [6, 6.07) is 7.87. The molecule has 2 aromatic heterocycles. The molecule has 1 unspecified atom stereocenters. The van der Waals surface area contributed by atoms with E-state index in [-0.39, 0.29) is 17.6 Å². The van der Waals surface area contributed by atoms with E-state index < -0.39 is 0 Å². The molecular weight excluding hydrogens is 347 g/mol. The predicted octanol–water partition coefficient (Wildman–Crippen LogP) is 3.60. The van der Waals surface area contributed by atoms with Gasteiger partial charge in [-0.15, -0.1) is 0 Å². The predicted molar refractivity (Wildman–Crippen MR) is 96.5 cm³/mol. The van der Waals surface area contributed by atoms with Crippen molar-refractivity contribution in [3.63, 3.8) is 0 Å². The summed E-state index contributed by atoms with van der Waals surface area (Å²) in [5.41, 5.74) is 1.98. The minimum Gasteiger partial charge on any atom is -0.338 e. The second-order valence-electron chi connectivity index (χ2n) is 6.74. The van der Waals surface area contributed by atoms with Crippen LogP contribution in [0.5, 0.6) is 0 Å². The first-order valence-electron chi connectivity index (χ1n) is 8.91. The van der Waals surface area contributed by atoms with Gasteiger partial charge in [0.05, 0.1) is 0 Å². The molecule has 1 aliphatic rings. The monoisotopic (exact) mass is 366 g/mol. The molecule has 1 amide bonds. The maximum Gasteiger partial charge on any atom is 0.258 e. The third kappa shape index (κ3) is 3.58. The van der Waals surface area contributed by atoms with Crippen LogP contribution in [0.3, 0.4) is 0 Å². The third-order valence-corrected chi connectivity index (χ3v) is 4.86. The SMILES string of the molecule is Cc1cc(F)ccc1C(=O)N1CCCC(c2noc(-c3ccncc3)n2)C1. The summed E-state index contributed by atoms with van der Waals surface area (Å²) in [5.74, 6) is 0.647. The van der Waals surface area contributed by atoms with Gasteiger partial charge in [-0.25, -0.2) is 4.39 Å². The average molecular weight is 366 g/mol. The lowest BCUT2D eigenvalue weighted by Crippen LogP contribution is -2.39. The number of amides is 1. The summed E-state index contributed by atoms with van der Waals surface area (Å²) < 4.78 is 18.7. The van der Waals surface area contributed by atoms with Crippen molar-refractivity contribution < 1.29 is 13.7 Å². The molecule has 7 heteroatoms. The van der Waals surface area contributed by atoms with Gasteiger partial charge < -0.3 is 9.42 Å². The van der Waals surface area contributed by atoms with Crippen LogP contribution in [0.1, 0.15) is 40.5 Å². The minimum atomic E-state index is -0.337. The highest BCUT2D eigenvalue weighted by atomic mass is 19.1. The first-order valence-corrected chi connectivity index (χ1v) is 8.91. The summed E-state index contributed by atoms with van der Waals surface area (Å²) >= 11 is 0. The molecule has 1 fully saturated rings. The van der Waals surface area contributed by atoms with Crippen LogP contribution in [0.25, 0.3) is 11.5 Å². The fourth-order valence-corrected chi connectivity index (χ4v) is 3.42. The molecule has 0 aliphatic carbocycles. The lowest BCUT2D eigenvalue weighted by molar-refractivity contribution is 0.0703. The van der Waals surface area contributed by atoms with Gasteiger partial charge in [-0.05, 0) is 55.7 Å². The Balaban J connectivity index is 1.51. The Morgan fingerprint density at radius 3 is 2.85 bits per heavy atom. The van der Waals surface area contributed by atoms with Gasteiger partial charge in [0.15, 0.2) is 5.82 Å². The number of aromatic nitrogens is 3. The number of carbonyl (C=O) groups is 1. The molecule has 4 rings (SSSR count). The Labute approximate surface area is 156 Å². The van der Waals surface area contributed by atoms with E-state index in [1.807, 2.05) is 12.1 Å². The molecule has 0 N–H and O–H groups in total. The van der Waals surface area contributed by atoms with Gasteiger partial charge in [0.25, 0.3) is 11.8 Å². The number of nitrogens with zero attached hydrogens (tertiary/aromatic N) is 4. The largest absolute Gasteiger partial charge is 0.338 e. The van der Waals surface area contributed by atoms with Gasteiger partial charge in [0, 0.05) is 42.5 Å². The number of piperidine rings is 1. The third-order valence-electron chi connectivity index (χ3n) is 4.86. The highest BCUT2D eigenvalue weighted by Gasteiger charge is 2.29. The molecule has 1 saturated heterocycles. The molecule has 1 aliphatic heterocycles. The molecular formula is C20H19FN4O2. The summed E-state index contributed by atoms with van der Waals surface area (Å²) in [4.78, 5) is 23.1. The van der Waals surface area contributed by atoms with E-state index in [1.165, 1.54) is 12.1 Å². The van der Waals surface area contributed by atoms with E-state index in [0.29, 0.717) is 35.9 Å². The van der Waals surface area contributed by atoms with Crippen LogP contribution in [0.15, 0.2) is 47.2 Å². The summed E-state index contributed by atoms with van der Waals surface area (Å²) in [7, 11) is 0. The first-order chi connectivity index (χ1) is 13.1. The van der Waals surface area contributed by atoms with Gasteiger partial charge in [-0.1, -0.05) is 5.16 Å². The molecule has 0 saturated carbocycles.